The van der Waals surface area contributed by atoms with E-state index in [0.29, 0.717) is 11.8 Å². The molecule has 3 atom stereocenters. The molecule has 1 aliphatic heterocycles. The van der Waals surface area contributed by atoms with Gasteiger partial charge in [-0.15, -0.1) is 0 Å². The first-order chi connectivity index (χ1) is 7.79. The van der Waals surface area contributed by atoms with Crippen LogP contribution in [-0.4, -0.2) is 11.2 Å². The lowest BCUT2D eigenvalue weighted by atomic mass is 9.66. The molecular weight excluding hydrogens is 200 g/mol. The summed E-state index contributed by atoms with van der Waals surface area (Å²) in [6.45, 7) is 3.69. The molecule has 1 aliphatic carbocycles. The predicted octanol–water partition coefficient (Wildman–Crippen LogP) is 2.59. The Kier molecular flexibility index (Phi) is 2.49. The first-order valence-electron chi connectivity index (χ1n) is 6.17. The standard InChI is InChI=1S/C14H18O2/c1-2-12-13(6-14(12)15)9-3-4-10-7-16-8-11(10)5-9/h3-5,12-15H,2,6-8H2,1H3. The van der Waals surface area contributed by atoms with Crippen molar-refractivity contribution in [3.05, 3.63) is 34.9 Å². The molecule has 1 N–H and O–H groups in total. The molecule has 3 unspecified atom stereocenters. The van der Waals surface area contributed by atoms with Gasteiger partial charge in [-0.05, 0) is 34.9 Å². The van der Waals surface area contributed by atoms with E-state index in [2.05, 4.69) is 25.1 Å². The van der Waals surface area contributed by atoms with E-state index >= 15 is 0 Å². The fraction of sp³-hybridized carbons (Fsp3) is 0.571. The van der Waals surface area contributed by atoms with Crippen molar-refractivity contribution in [2.24, 2.45) is 5.92 Å². The normalized spacial score (nSPS) is 32.2. The Morgan fingerprint density at radius 3 is 2.88 bits per heavy atom. The van der Waals surface area contributed by atoms with Crippen LogP contribution in [0.25, 0.3) is 0 Å². The van der Waals surface area contributed by atoms with Crippen LogP contribution in [0.4, 0.5) is 0 Å². The molecule has 1 aromatic rings. The molecule has 1 saturated carbocycles. The Labute approximate surface area is 96.2 Å². The van der Waals surface area contributed by atoms with Gasteiger partial charge in [0.1, 0.15) is 0 Å². The van der Waals surface area contributed by atoms with Crippen LogP contribution in [0.5, 0.6) is 0 Å². The maximum Gasteiger partial charge on any atom is 0.0725 e. The predicted molar refractivity (Wildman–Crippen MR) is 62.1 cm³/mol. The van der Waals surface area contributed by atoms with E-state index in [-0.39, 0.29) is 6.10 Å². The first kappa shape index (κ1) is 10.3. The minimum Gasteiger partial charge on any atom is -0.393 e. The van der Waals surface area contributed by atoms with E-state index in [1.165, 1.54) is 16.7 Å². The fourth-order valence-corrected chi connectivity index (χ4v) is 3.04. The van der Waals surface area contributed by atoms with Gasteiger partial charge in [-0.3, -0.25) is 0 Å². The number of hydrogen-bond donors (Lipinski definition) is 1. The zero-order chi connectivity index (χ0) is 11.1. The average Bonchev–Trinajstić information content (AvgIpc) is 2.73. The maximum atomic E-state index is 9.71. The summed E-state index contributed by atoms with van der Waals surface area (Å²) in [4.78, 5) is 0. The van der Waals surface area contributed by atoms with Crippen molar-refractivity contribution < 1.29 is 9.84 Å². The maximum absolute atomic E-state index is 9.71. The Hall–Kier alpha value is -0.860. The number of hydrogen-bond acceptors (Lipinski definition) is 2. The SMILES string of the molecule is CCC1C(O)CC1c1ccc2c(c1)COC2. The smallest absolute Gasteiger partial charge is 0.0725 e. The first-order valence-corrected chi connectivity index (χ1v) is 6.17. The minimum absolute atomic E-state index is 0.0838. The Bertz CT molecular complexity index is 400. The second-order valence-electron chi connectivity index (χ2n) is 5.00. The summed E-state index contributed by atoms with van der Waals surface area (Å²) < 4.78 is 5.43. The van der Waals surface area contributed by atoms with Gasteiger partial charge < -0.3 is 9.84 Å². The van der Waals surface area contributed by atoms with E-state index in [0.717, 1.165) is 26.1 Å². The van der Waals surface area contributed by atoms with Gasteiger partial charge in [0.2, 0.25) is 0 Å². The summed E-state index contributed by atoms with van der Waals surface area (Å²) in [6.07, 6.45) is 1.91. The molecule has 0 saturated heterocycles. The summed E-state index contributed by atoms with van der Waals surface area (Å²) in [5, 5.41) is 9.71. The molecule has 2 nitrogen and oxygen atoms in total. The van der Waals surface area contributed by atoms with Gasteiger partial charge >= 0.3 is 0 Å². The van der Waals surface area contributed by atoms with E-state index in [1.807, 2.05) is 0 Å². The number of benzene rings is 1. The highest BCUT2D eigenvalue weighted by Gasteiger charge is 2.39. The van der Waals surface area contributed by atoms with Gasteiger partial charge in [-0.1, -0.05) is 31.5 Å². The third kappa shape index (κ3) is 1.48. The van der Waals surface area contributed by atoms with Crippen LogP contribution >= 0.6 is 0 Å². The molecule has 0 aromatic heterocycles. The van der Waals surface area contributed by atoms with E-state index in [9.17, 15) is 5.11 Å². The van der Waals surface area contributed by atoms with Crippen LogP contribution in [0, 0.1) is 5.92 Å². The van der Waals surface area contributed by atoms with Gasteiger partial charge in [0.05, 0.1) is 19.3 Å². The molecule has 3 rings (SSSR count). The van der Waals surface area contributed by atoms with Crippen molar-refractivity contribution in [1.29, 1.82) is 0 Å². The van der Waals surface area contributed by atoms with Gasteiger partial charge in [0.25, 0.3) is 0 Å². The summed E-state index contributed by atoms with van der Waals surface area (Å²) in [7, 11) is 0. The van der Waals surface area contributed by atoms with Gasteiger partial charge in [-0.25, -0.2) is 0 Å². The average molecular weight is 218 g/mol. The van der Waals surface area contributed by atoms with E-state index in [1.54, 1.807) is 0 Å². The molecule has 0 amide bonds. The number of ether oxygens (including phenoxy) is 1. The van der Waals surface area contributed by atoms with Crippen LogP contribution in [0.3, 0.4) is 0 Å². The highest BCUT2D eigenvalue weighted by atomic mass is 16.5. The van der Waals surface area contributed by atoms with Crippen LogP contribution in [0.2, 0.25) is 0 Å². The lowest BCUT2D eigenvalue weighted by Gasteiger charge is -2.41. The molecule has 0 radical (unpaired) electrons. The lowest BCUT2D eigenvalue weighted by molar-refractivity contribution is -0.000756. The van der Waals surface area contributed by atoms with Crippen LogP contribution in [0.15, 0.2) is 18.2 Å². The summed E-state index contributed by atoms with van der Waals surface area (Å²) in [5.74, 6) is 1.02. The highest BCUT2D eigenvalue weighted by molar-refractivity contribution is 5.36. The molecule has 16 heavy (non-hydrogen) atoms. The lowest BCUT2D eigenvalue weighted by Crippen LogP contribution is -2.39. The van der Waals surface area contributed by atoms with Crippen molar-refractivity contribution in [3.8, 4) is 0 Å². The summed E-state index contributed by atoms with van der Waals surface area (Å²) in [5.41, 5.74) is 4.06. The largest absolute Gasteiger partial charge is 0.393 e. The van der Waals surface area contributed by atoms with Crippen molar-refractivity contribution >= 4 is 0 Å². The third-order valence-electron chi connectivity index (χ3n) is 4.15. The number of aliphatic hydroxyl groups is 1. The molecule has 1 heterocycles. The Morgan fingerprint density at radius 2 is 2.12 bits per heavy atom. The second-order valence-corrected chi connectivity index (χ2v) is 5.00. The molecule has 1 aromatic carbocycles. The highest BCUT2D eigenvalue weighted by Crippen LogP contribution is 2.45. The van der Waals surface area contributed by atoms with Gasteiger partial charge in [0, 0.05) is 0 Å². The molecular formula is C14H18O2. The van der Waals surface area contributed by atoms with Crippen molar-refractivity contribution in [2.45, 2.75) is 45.0 Å². The zero-order valence-electron chi connectivity index (χ0n) is 9.65. The molecule has 2 aliphatic rings. The van der Waals surface area contributed by atoms with E-state index in [4.69, 9.17) is 4.74 Å². The number of rotatable bonds is 2. The number of fused-ring (bicyclic) bond motifs is 1. The van der Waals surface area contributed by atoms with Crippen LogP contribution in [-0.2, 0) is 18.0 Å². The molecule has 86 valence electrons. The molecule has 0 spiro atoms. The Morgan fingerprint density at radius 1 is 1.31 bits per heavy atom. The van der Waals surface area contributed by atoms with Gasteiger partial charge in [0.15, 0.2) is 0 Å². The molecule has 0 bridgehead atoms. The second kappa shape index (κ2) is 3.86. The summed E-state index contributed by atoms with van der Waals surface area (Å²) in [6, 6.07) is 6.68. The monoisotopic (exact) mass is 218 g/mol. The number of aliphatic hydroxyl groups excluding tert-OH is 1. The zero-order valence-corrected chi connectivity index (χ0v) is 9.65. The summed E-state index contributed by atoms with van der Waals surface area (Å²) >= 11 is 0. The van der Waals surface area contributed by atoms with Crippen molar-refractivity contribution in [1.82, 2.24) is 0 Å². The van der Waals surface area contributed by atoms with Crippen molar-refractivity contribution in [2.75, 3.05) is 0 Å². The van der Waals surface area contributed by atoms with Gasteiger partial charge in [-0.2, -0.15) is 0 Å². The fourth-order valence-electron chi connectivity index (χ4n) is 3.04. The quantitative estimate of drug-likeness (QED) is 0.826. The Balaban J connectivity index is 1.85. The molecule has 2 heteroatoms. The topological polar surface area (TPSA) is 29.5 Å². The third-order valence-corrected chi connectivity index (χ3v) is 4.15. The van der Waals surface area contributed by atoms with Crippen molar-refractivity contribution in [3.63, 3.8) is 0 Å². The minimum atomic E-state index is -0.0838. The van der Waals surface area contributed by atoms with Crippen LogP contribution in [0.1, 0.15) is 42.4 Å². The molecule has 1 fully saturated rings. The van der Waals surface area contributed by atoms with E-state index < -0.39 is 0 Å². The van der Waals surface area contributed by atoms with Crippen LogP contribution < -0.4 is 0 Å².